The highest BCUT2D eigenvalue weighted by atomic mass is 16.5. The third-order valence-corrected chi connectivity index (χ3v) is 3.67. The van der Waals surface area contributed by atoms with E-state index in [0.717, 1.165) is 16.6 Å². The summed E-state index contributed by atoms with van der Waals surface area (Å²) >= 11 is 0. The van der Waals surface area contributed by atoms with Crippen molar-refractivity contribution in [2.24, 2.45) is 0 Å². The molecule has 0 saturated carbocycles. The number of benzene rings is 2. The van der Waals surface area contributed by atoms with Gasteiger partial charge in [-0.15, -0.1) is 0 Å². The molecule has 0 bridgehead atoms. The zero-order valence-corrected chi connectivity index (χ0v) is 13.6. The number of H-pyrrole nitrogens is 1. The number of carbonyl (C=O) groups excluding carboxylic acids is 1. The average Bonchev–Trinajstić information content (AvgIpc) is 2.65. The molecule has 0 unspecified atom stereocenters. The summed E-state index contributed by atoms with van der Waals surface area (Å²) in [5.41, 5.74) is 2.61. The predicted molar refractivity (Wildman–Crippen MR) is 98.2 cm³/mol. The average molecular weight is 334 g/mol. The maximum atomic E-state index is 11.8. The van der Waals surface area contributed by atoms with Crippen molar-refractivity contribution in [3.05, 3.63) is 88.2 Å². The zero-order valence-electron chi connectivity index (χ0n) is 13.6. The summed E-state index contributed by atoms with van der Waals surface area (Å²) in [4.78, 5) is 26.5. The Hall–Kier alpha value is -3.34. The van der Waals surface area contributed by atoms with Crippen molar-refractivity contribution in [3.63, 3.8) is 0 Å². The minimum Gasteiger partial charge on any atom is -0.445 e. The lowest BCUT2D eigenvalue weighted by Crippen LogP contribution is -2.24. The topological polar surface area (TPSA) is 71.2 Å². The van der Waals surface area contributed by atoms with E-state index in [1.54, 1.807) is 6.20 Å². The second-order valence-electron chi connectivity index (χ2n) is 5.49. The van der Waals surface area contributed by atoms with Gasteiger partial charge in [-0.25, -0.2) is 4.79 Å². The first-order chi connectivity index (χ1) is 12.2. The molecule has 2 N–H and O–H groups in total. The fourth-order valence-corrected chi connectivity index (χ4v) is 2.40. The van der Waals surface area contributed by atoms with Gasteiger partial charge in [-0.2, -0.15) is 0 Å². The van der Waals surface area contributed by atoms with Gasteiger partial charge in [0, 0.05) is 29.7 Å². The molecule has 1 aromatic heterocycles. The molecule has 2 aromatic carbocycles. The summed E-state index contributed by atoms with van der Waals surface area (Å²) in [6, 6.07) is 16.6. The van der Waals surface area contributed by atoms with Crippen LogP contribution in [0.1, 0.15) is 11.1 Å². The van der Waals surface area contributed by atoms with Crippen molar-refractivity contribution < 1.29 is 9.53 Å². The summed E-state index contributed by atoms with van der Waals surface area (Å²) in [5.74, 6) is 0. The Morgan fingerprint density at radius 1 is 1.12 bits per heavy atom. The summed E-state index contributed by atoms with van der Waals surface area (Å²) in [5, 5.41) is 3.29. The molecule has 0 saturated heterocycles. The Balaban J connectivity index is 1.50. The first-order valence-electron chi connectivity index (χ1n) is 7.95. The van der Waals surface area contributed by atoms with Gasteiger partial charge in [0.05, 0.1) is 0 Å². The molecule has 0 radical (unpaired) electrons. The van der Waals surface area contributed by atoms with Crippen LogP contribution in [0.15, 0.2) is 71.7 Å². The Morgan fingerprint density at radius 3 is 2.80 bits per heavy atom. The number of aromatic amines is 1. The SMILES string of the molecule is O=C(NCC=Cc1ccc2[nH]ccc(=O)c2c1)OCc1ccccc1. The van der Waals surface area contributed by atoms with Crippen molar-refractivity contribution in [2.45, 2.75) is 6.61 Å². The molecule has 0 spiro atoms. The van der Waals surface area contributed by atoms with Gasteiger partial charge in [-0.05, 0) is 23.3 Å². The molecule has 126 valence electrons. The molecular formula is C20H18N2O3. The van der Waals surface area contributed by atoms with Crippen molar-refractivity contribution >= 4 is 23.1 Å². The third kappa shape index (κ3) is 4.57. The van der Waals surface area contributed by atoms with Crippen LogP contribution >= 0.6 is 0 Å². The Labute approximate surface area is 145 Å². The zero-order chi connectivity index (χ0) is 17.5. The van der Waals surface area contributed by atoms with Crippen molar-refractivity contribution in [1.82, 2.24) is 10.3 Å². The summed E-state index contributed by atoms with van der Waals surface area (Å²) in [6.07, 6.45) is 4.82. The molecule has 0 fully saturated rings. The molecule has 0 atom stereocenters. The lowest BCUT2D eigenvalue weighted by atomic mass is 10.1. The summed E-state index contributed by atoms with van der Waals surface area (Å²) < 4.78 is 5.12. The van der Waals surface area contributed by atoms with E-state index in [0.29, 0.717) is 11.9 Å². The fourth-order valence-electron chi connectivity index (χ4n) is 2.40. The minimum atomic E-state index is -0.469. The molecule has 5 nitrogen and oxygen atoms in total. The van der Waals surface area contributed by atoms with Crippen LogP contribution in [0.5, 0.6) is 0 Å². The molecule has 3 rings (SSSR count). The first kappa shape index (κ1) is 16.5. The molecule has 0 aliphatic heterocycles. The van der Waals surface area contributed by atoms with Crippen LogP contribution in [-0.4, -0.2) is 17.6 Å². The van der Waals surface area contributed by atoms with Gasteiger partial charge >= 0.3 is 6.09 Å². The van der Waals surface area contributed by atoms with E-state index in [1.165, 1.54) is 6.07 Å². The number of amides is 1. The van der Waals surface area contributed by atoms with Gasteiger partial charge in [0.1, 0.15) is 6.61 Å². The monoisotopic (exact) mass is 334 g/mol. The maximum absolute atomic E-state index is 11.8. The van der Waals surface area contributed by atoms with E-state index in [2.05, 4.69) is 10.3 Å². The number of alkyl carbamates (subject to hydrolysis) is 1. The molecule has 3 aromatic rings. The number of pyridine rings is 1. The number of aromatic nitrogens is 1. The van der Waals surface area contributed by atoms with E-state index in [9.17, 15) is 9.59 Å². The molecule has 1 amide bonds. The molecule has 5 heteroatoms. The number of carbonyl (C=O) groups is 1. The first-order valence-corrected chi connectivity index (χ1v) is 7.95. The lowest BCUT2D eigenvalue weighted by Gasteiger charge is -2.05. The summed E-state index contributed by atoms with van der Waals surface area (Å²) in [6.45, 7) is 0.584. The van der Waals surface area contributed by atoms with Gasteiger partial charge in [-0.1, -0.05) is 48.6 Å². The van der Waals surface area contributed by atoms with Crippen molar-refractivity contribution in [1.29, 1.82) is 0 Å². The van der Waals surface area contributed by atoms with E-state index in [4.69, 9.17) is 4.74 Å². The Kier molecular flexibility index (Phi) is 5.26. The third-order valence-electron chi connectivity index (χ3n) is 3.67. The van der Waals surface area contributed by atoms with Crippen LogP contribution in [0.25, 0.3) is 17.0 Å². The highest BCUT2D eigenvalue weighted by Crippen LogP contribution is 2.11. The Morgan fingerprint density at radius 2 is 1.96 bits per heavy atom. The quantitative estimate of drug-likeness (QED) is 0.750. The molecule has 1 heterocycles. The fraction of sp³-hybridized carbons (Fsp3) is 0.100. The van der Waals surface area contributed by atoms with Gasteiger partial charge in [0.15, 0.2) is 5.43 Å². The molecule has 0 aliphatic carbocycles. The molecular weight excluding hydrogens is 316 g/mol. The highest BCUT2D eigenvalue weighted by Gasteiger charge is 2.01. The van der Waals surface area contributed by atoms with Crippen LogP contribution in [-0.2, 0) is 11.3 Å². The van der Waals surface area contributed by atoms with Crippen molar-refractivity contribution in [3.8, 4) is 0 Å². The maximum Gasteiger partial charge on any atom is 0.407 e. The second kappa shape index (κ2) is 7.97. The van der Waals surface area contributed by atoms with Gasteiger partial charge < -0.3 is 15.0 Å². The van der Waals surface area contributed by atoms with E-state index < -0.39 is 6.09 Å². The molecule has 0 aliphatic rings. The number of hydrogen-bond acceptors (Lipinski definition) is 3. The van der Waals surface area contributed by atoms with E-state index in [1.807, 2.05) is 60.7 Å². The number of fused-ring (bicyclic) bond motifs is 1. The number of hydrogen-bond donors (Lipinski definition) is 2. The molecule has 25 heavy (non-hydrogen) atoms. The summed E-state index contributed by atoms with van der Waals surface area (Å²) in [7, 11) is 0. The van der Waals surface area contributed by atoms with Gasteiger partial charge in [0.25, 0.3) is 0 Å². The normalized spacial score (nSPS) is 10.9. The minimum absolute atomic E-state index is 0.0217. The van der Waals surface area contributed by atoms with Crippen LogP contribution in [0.3, 0.4) is 0 Å². The van der Waals surface area contributed by atoms with E-state index >= 15 is 0 Å². The van der Waals surface area contributed by atoms with Crippen LogP contribution in [0, 0.1) is 0 Å². The van der Waals surface area contributed by atoms with Crippen LogP contribution in [0.2, 0.25) is 0 Å². The van der Waals surface area contributed by atoms with E-state index in [-0.39, 0.29) is 12.0 Å². The largest absolute Gasteiger partial charge is 0.445 e. The smallest absolute Gasteiger partial charge is 0.407 e. The predicted octanol–water partition coefficient (Wildman–Crippen LogP) is 3.47. The van der Waals surface area contributed by atoms with Crippen LogP contribution in [0.4, 0.5) is 4.79 Å². The van der Waals surface area contributed by atoms with Gasteiger partial charge in [-0.3, -0.25) is 4.79 Å². The highest BCUT2D eigenvalue weighted by molar-refractivity contribution is 5.80. The standard InChI is InChI=1S/C20H18N2O3/c23-19-10-12-21-18-9-8-15(13-17(18)19)7-4-11-22-20(24)25-14-16-5-2-1-3-6-16/h1-10,12-13H,11,14H2,(H,21,23)(H,22,24). The number of rotatable bonds is 5. The number of nitrogens with one attached hydrogen (secondary N) is 2. The van der Waals surface area contributed by atoms with Crippen molar-refractivity contribution in [2.75, 3.05) is 6.54 Å². The second-order valence-corrected chi connectivity index (χ2v) is 5.49. The Bertz CT molecular complexity index is 946. The lowest BCUT2D eigenvalue weighted by molar-refractivity contribution is 0.141. The van der Waals surface area contributed by atoms with Crippen LogP contribution < -0.4 is 10.7 Å². The van der Waals surface area contributed by atoms with Gasteiger partial charge in [0.2, 0.25) is 0 Å². The number of ether oxygens (including phenoxy) is 1.